The van der Waals surface area contributed by atoms with Gasteiger partial charge in [-0.15, -0.1) is 6.42 Å². The number of allylic oxidation sites excluding steroid dienone is 1. The van der Waals surface area contributed by atoms with Gasteiger partial charge >= 0.3 is 0 Å². The normalized spacial score (nSPS) is 13.1. The summed E-state index contributed by atoms with van der Waals surface area (Å²) in [5.74, 6) is 1.04. The fraction of sp³-hybridized carbons (Fsp3) is 0.200. The Hall–Kier alpha value is -3.36. The van der Waals surface area contributed by atoms with Gasteiger partial charge in [0.25, 0.3) is 5.91 Å². The van der Waals surface area contributed by atoms with Crippen molar-refractivity contribution < 1.29 is 14.3 Å². The lowest BCUT2D eigenvalue weighted by Gasteiger charge is -2.15. The van der Waals surface area contributed by atoms with E-state index in [1.807, 2.05) is 12.0 Å². The molecule has 6 heteroatoms. The Bertz CT molecular complexity index is 1140. The molecule has 2 aromatic rings. The van der Waals surface area contributed by atoms with Crippen molar-refractivity contribution >= 4 is 28.9 Å². The van der Waals surface area contributed by atoms with Crippen LogP contribution in [0.3, 0.4) is 0 Å². The number of halogens is 2. The fourth-order valence-corrected chi connectivity index (χ4v) is 3.19. The van der Waals surface area contributed by atoms with Gasteiger partial charge in [0.15, 0.2) is 0 Å². The highest BCUT2D eigenvalue weighted by Crippen LogP contribution is 2.28. The SMILES string of the molecule is C#CC(=O)NC(C)c1ccc(Cl)c(/C(C)=N/C(=C(/C)C(=C)O)c2ccc(F)c(C)c2)c1. The van der Waals surface area contributed by atoms with Gasteiger partial charge in [-0.05, 0) is 75.1 Å². The molecule has 2 rings (SSSR count). The molecule has 0 bridgehead atoms. The van der Waals surface area contributed by atoms with Crippen LogP contribution in [-0.2, 0) is 4.79 Å². The Morgan fingerprint density at radius 2 is 1.97 bits per heavy atom. The second-order valence-electron chi connectivity index (χ2n) is 7.16. The number of carbonyl (C=O) groups excluding carboxylic acids is 1. The third kappa shape index (κ3) is 5.84. The summed E-state index contributed by atoms with van der Waals surface area (Å²) in [5, 5.41) is 13.1. The average molecular weight is 439 g/mol. The summed E-state index contributed by atoms with van der Waals surface area (Å²) in [6.07, 6.45) is 5.13. The average Bonchev–Trinajstić information content (AvgIpc) is 2.73. The van der Waals surface area contributed by atoms with E-state index in [4.69, 9.17) is 23.0 Å². The first-order chi connectivity index (χ1) is 14.5. The van der Waals surface area contributed by atoms with Gasteiger partial charge in [-0.25, -0.2) is 4.39 Å². The maximum atomic E-state index is 13.8. The van der Waals surface area contributed by atoms with Crippen LogP contribution in [0.1, 0.15) is 49.1 Å². The van der Waals surface area contributed by atoms with E-state index < -0.39 is 5.91 Å². The van der Waals surface area contributed by atoms with Gasteiger partial charge < -0.3 is 10.4 Å². The highest BCUT2D eigenvalue weighted by Gasteiger charge is 2.14. The zero-order valence-corrected chi connectivity index (χ0v) is 18.6. The molecule has 0 saturated heterocycles. The van der Waals surface area contributed by atoms with Gasteiger partial charge in [-0.2, -0.15) is 0 Å². The van der Waals surface area contributed by atoms with Crippen molar-refractivity contribution in [1.82, 2.24) is 5.32 Å². The third-order valence-corrected chi connectivity index (χ3v) is 5.19. The summed E-state index contributed by atoms with van der Waals surface area (Å²) in [6, 6.07) is 9.60. The molecule has 160 valence electrons. The Morgan fingerprint density at radius 3 is 2.55 bits per heavy atom. The van der Waals surface area contributed by atoms with E-state index in [0.29, 0.717) is 38.7 Å². The number of aliphatic hydroxyl groups excluding tert-OH is 1. The van der Waals surface area contributed by atoms with Crippen molar-refractivity contribution in [3.63, 3.8) is 0 Å². The molecule has 0 fully saturated rings. The van der Waals surface area contributed by atoms with Gasteiger partial charge in [-0.3, -0.25) is 9.79 Å². The number of nitrogens with one attached hydrogen (secondary N) is 1. The topological polar surface area (TPSA) is 61.7 Å². The lowest BCUT2D eigenvalue weighted by atomic mass is 10.0. The standard InChI is InChI=1S/C25H24ClFN2O2/c1-7-24(31)28-16(4)19-8-10-22(26)21(13-19)17(5)29-25(15(3)18(6)30)20-9-11-23(27)14(2)12-20/h1,8-13,16,30H,6H2,2-5H3,(H,28,31)/b25-15-,29-17+. The number of aliphatic hydroxyl groups is 1. The number of benzene rings is 2. The first-order valence-corrected chi connectivity index (χ1v) is 9.90. The Kier molecular flexibility index (Phi) is 7.79. The molecule has 31 heavy (non-hydrogen) atoms. The molecular weight excluding hydrogens is 415 g/mol. The summed E-state index contributed by atoms with van der Waals surface area (Å²) in [6.45, 7) is 10.5. The number of hydrogen-bond acceptors (Lipinski definition) is 3. The lowest BCUT2D eigenvalue weighted by Crippen LogP contribution is -2.25. The van der Waals surface area contributed by atoms with Gasteiger partial charge in [-0.1, -0.05) is 24.2 Å². The van der Waals surface area contributed by atoms with E-state index in [0.717, 1.165) is 5.56 Å². The molecule has 0 saturated carbocycles. The van der Waals surface area contributed by atoms with E-state index in [9.17, 15) is 14.3 Å². The van der Waals surface area contributed by atoms with Crippen LogP contribution >= 0.6 is 11.6 Å². The molecule has 2 aromatic carbocycles. The van der Waals surface area contributed by atoms with Crippen LogP contribution < -0.4 is 5.32 Å². The van der Waals surface area contributed by atoms with E-state index >= 15 is 0 Å². The number of aryl methyl sites for hydroxylation is 1. The minimum atomic E-state index is -0.511. The molecule has 4 nitrogen and oxygen atoms in total. The maximum Gasteiger partial charge on any atom is 0.296 e. The molecule has 1 atom stereocenters. The van der Waals surface area contributed by atoms with E-state index in [1.165, 1.54) is 6.07 Å². The van der Waals surface area contributed by atoms with Crippen molar-refractivity contribution in [3.05, 3.63) is 87.4 Å². The first kappa shape index (κ1) is 23.9. The Morgan fingerprint density at radius 1 is 1.29 bits per heavy atom. The predicted octanol–water partition coefficient (Wildman–Crippen LogP) is 5.91. The summed E-state index contributed by atoms with van der Waals surface area (Å²) in [4.78, 5) is 16.2. The van der Waals surface area contributed by atoms with Gasteiger partial charge in [0.2, 0.25) is 0 Å². The lowest BCUT2D eigenvalue weighted by molar-refractivity contribution is -0.116. The number of rotatable bonds is 6. The molecule has 0 radical (unpaired) electrons. The summed E-state index contributed by atoms with van der Waals surface area (Å²) < 4.78 is 13.8. The second-order valence-corrected chi connectivity index (χ2v) is 7.57. The van der Waals surface area contributed by atoms with Crippen molar-refractivity contribution in [2.24, 2.45) is 4.99 Å². The first-order valence-electron chi connectivity index (χ1n) is 9.53. The zero-order valence-electron chi connectivity index (χ0n) is 17.9. The highest BCUT2D eigenvalue weighted by atomic mass is 35.5. The molecule has 2 N–H and O–H groups in total. The van der Waals surface area contributed by atoms with Crippen molar-refractivity contribution in [2.75, 3.05) is 0 Å². The number of amides is 1. The highest BCUT2D eigenvalue weighted by molar-refractivity contribution is 6.34. The molecule has 0 aliphatic carbocycles. The van der Waals surface area contributed by atoms with Crippen LogP contribution in [0.2, 0.25) is 5.02 Å². The van der Waals surface area contributed by atoms with Gasteiger partial charge in [0, 0.05) is 27.4 Å². The molecule has 0 aromatic heterocycles. The van der Waals surface area contributed by atoms with E-state index in [1.54, 1.807) is 52.0 Å². The van der Waals surface area contributed by atoms with Crippen LogP contribution in [0.5, 0.6) is 0 Å². The van der Waals surface area contributed by atoms with Crippen molar-refractivity contribution in [2.45, 2.75) is 33.7 Å². The molecule has 0 aliphatic heterocycles. The fourth-order valence-electron chi connectivity index (χ4n) is 2.93. The minimum Gasteiger partial charge on any atom is -0.508 e. The molecular formula is C25H24ClFN2O2. The number of aliphatic imine (C=N–C) groups is 1. The quantitative estimate of drug-likeness (QED) is 0.255. The minimum absolute atomic E-state index is 0.140. The maximum absolute atomic E-state index is 13.8. The smallest absolute Gasteiger partial charge is 0.296 e. The molecule has 1 unspecified atom stereocenters. The summed E-state index contributed by atoms with van der Waals surface area (Å²) >= 11 is 6.41. The number of carbonyl (C=O) groups is 1. The number of nitrogens with zero attached hydrogens (tertiary/aromatic N) is 1. The zero-order chi connectivity index (χ0) is 23.3. The third-order valence-electron chi connectivity index (χ3n) is 4.86. The molecule has 0 heterocycles. The number of hydrogen-bond donors (Lipinski definition) is 2. The van der Waals surface area contributed by atoms with Gasteiger partial charge in [0.1, 0.15) is 11.6 Å². The van der Waals surface area contributed by atoms with Gasteiger partial charge in [0.05, 0.1) is 11.7 Å². The van der Waals surface area contributed by atoms with E-state index in [-0.39, 0.29) is 17.6 Å². The number of terminal acetylenes is 1. The predicted molar refractivity (Wildman–Crippen MR) is 125 cm³/mol. The Labute approximate surface area is 187 Å². The van der Waals surface area contributed by atoms with Crippen molar-refractivity contribution in [1.29, 1.82) is 0 Å². The summed E-state index contributed by atoms with van der Waals surface area (Å²) in [5.41, 5.74) is 4.00. The molecule has 0 aliphatic rings. The molecule has 0 spiro atoms. The molecule has 1 amide bonds. The van der Waals surface area contributed by atoms with E-state index in [2.05, 4.69) is 11.9 Å². The summed E-state index contributed by atoms with van der Waals surface area (Å²) in [7, 11) is 0. The van der Waals surface area contributed by atoms with Crippen LogP contribution in [0.15, 0.2) is 59.3 Å². The van der Waals surface area contributed by atoms with Crippen LogP contribution in [0.25, 0.3) is 5.70 Å². The van der Waals surface area contributed by atoms with Crippen LogP contribution in [0, 0.1) is 25.1 Å². The van der Waals surface area contributed by atoms with Crippen molar-refractivity contribution in [3.8, 4) is 12.3 Å². The van der Waals surface area contributed by atoms with Crippen LogP contribution in [-0.4, -0.2) is 16.7 Å². The monoisotopic (exact) mass is 438 g/mol. The van der Waals surface area contributed by atoms with Crippen LogP contribution in [0.4, 0.5) is 4.39 Å². The Balaban J connectivity index is 2.57. The largest absolute Gasteiger partial charge is 0.508 e. The second kappa shape index (κ2) is 10.1.